The van der Waals surface area contributed by atoms with Gasteiger partial charge in [0.15, 0.2) is 16.6 Å². The standard InChI is InChI=1S/C28H26N4O4S2/c1-17-16-38-28(30-17)32-25(33)10-11-37-27-21(15-29)20(14-22(31-27)18-8-6-5-7-9-18)19-12-23(34-2)26(36-4)24(13-19)35-3/h5-9,12-14,16H,10-11H2,1-4H3,(H,30,32,33). The van der Waals surface area contributed by atoms with E-state index in [0.717, 1.165) is 16.8 Å². The maximum atomic E-state index is 12.5. The van der Waals surface area contributed by atoms with Crippen molar-refractivity contribution < 1.29 is 19.0 Å². The third-order valence-electron chi connectivity index (χ3n) is 5.58. The molecule has 0 saturated carbocycles. The number of pyridine rings is 1. The highest BCUT2D eigenvalue weighted by Gasteiger charge is 2.20. The minimum Gasteiger partial charge on any atom is -0.493 e. The van der Waals surface area contributed by atoms with Gasteiger partial charge in [-0.25, -0.2) is 9.97 Å². The van der Waals surface area contributed by atoms with Crippen LogP contribution in [0.5, 0.6) is 17.2 Å². The van der Waals surface area contributed by atoms with Gasteiger partial charge in [0.2, 0.25) is 11.7 Å². The molecule has 2 aromatic heterocycles. The Labute approximate surface area is 229 Å². The Kier molecular flexibility index (Phi) is 8.84. The van der Waals surface area contributed by atoms with E-state index in [1.807, 2.05) is 60.8 Å². The first-order valence-corrected chi connectivity index (χ1v) is 13.5. The maximum Gasteiger partial charge on any atom is 0.226 e. The van der Waals surface area contributed by atoms with Gasteiger partial charge in [-0.05, 0) is 30.7 Å². The molecule has 0 saturated heterocycles. The minimum atomic E-state index is -0.144. The maximum absolute atomic E-state index is 12.5. The summed E-state index contributed by atoms with van der Waals surface area (Å²) in [5.74, 6) is 1.71. The molecule has 8 nitrogen and oxygen atoms in total. The summed E-state index contributed by atoms with van der Waals surface area (Å²) in [5.41, 5.74) is 4.27. The number of nitrogens with one attached hydrogen (secondary N) is 1. The lowest BCUT2D eigenvalue weighted by atomic mass is 9.98. The van der Waals surface area contributed by atoms with Crippen molar-refractivity contribution in [3.8, 4) is 45.7 Å². The first-order chi connectivity index (χ1) is 18.5. The highest BCUT2D eigenvalue weighted by Crippen LogP contribution is 2.43. The van der Waals surface area contributed by atoms with E-state index in [9.17, 15) is 10.1 Å². The number of methoxy groups -OCH3 is 3. The number of carbonyl (C=O) groups excluding carboxylic acids is 1. The van der Waals surface area contributed by atoms with Crippen molar-refractivity contribution in [3.63, 3.8) is 0 Å². The Balaban J connectivity index is 1.72. The fourth-order valence-electron chi connectivity index (χ4n) is 3.79. The molecule has 0 atom stereocenters. The van der Waals surface area contributed by atoms with Crippen molar-refractivity contribution in [1.29, 1.82) is 5.26 Å². The van der Waals surface area contributed by atoms with Crippen LogP contribution in [0.3, 0.4) is 0 Å². The predicted molar refractivity (Wildman–Crippen MR) is 150 cm³/mol. The lowest BCUT2D eigenvalue weighted by Gasteiger charge is -2.16. The number of amides is 1. The Bertz CT molecular complexity index is 1460. The average Bonchev–Trinajstić information content (AvgIpc) is 3.36. The highest BCUT2D eigenvalue weighted by atomic mass is 32.2. The summed E-state index contributed by atoms with van der Waals surface area (Å²) in [6, 6.07) is 17.6. The number of thioether (sulfide) groups is 1. The molecule has 0 bridgehead atoms. The molecule has 10 heteroatoms. The number of hydrogen-bond acceptors (Lipinski definition) is 9. The Morgan fingerprint density at radius 3 is 2.32 bits per heavy atom. The third kappa shape index (κ3) is 6.07. The first kappa shape index (κ1) is 27.0. The molecule has 1 N–H and O–H groups in total. The number of nitrogens with zero attached hydrogens (tertiary/aromatic N) is 3. The van der Waals surface area contributed by atoms with Crippen LogP contribution >= 0.6 is 23.1 Å². The zero-order valence-electron chi connectivity index (χ0n) is 21.4. The molecular weight excluding hydrogens is 520 g/mol. The number of rotatable bonds is 10. The van der Waals surface area contributed by atoms with Crippen molar-refractivity contribution in [2.75, 3.05) is 32.4 Å². The molecule has 0 spiro atoms. The summed E-state index contributed by atoms with van der Waals surface area (Å²) in [6.07, 6.45) is 0.241. The zero-order valence-corrected chi connectivity index (χ0v) is 23.0. The minimum absolute atomic E-state index is 0.144. The molecule has 0 unspecified atom stereocenters. The Hall–Kier alpha value is -4.07. The van der Waals surface area contributed by atoms with Gasteiger partial charge in [0, 0.05) is 28.7 Å². The highest BCUT2D eigenvalue weighted by molar-refractivity contribution is 7.99. The number of nitriles is 1. The van der Waals surface area contributed by atoms with Crippen molar-refractivity contribution >= 4 is 34.1 Å². The zero-order chi connectivity index (χ0) is 27.1. The van der Waals surface area contributed by atoms with E-state index < -0.39 is 0 Å². The average molecular weight is 547 g/mol. The lowest BCUT2D eigenvalue weighted by Crippen LogP contribution is -2.12. The van der Waals surface area contributed by atoms with Gasteiger partial charge in [0.1, 0.15) is 11.1 Å². The molecule has 4 rings (SSSR count). The van der Waals surface area contributed by atoms with E-state index in [1.165, 1.54) is 23.1 Å². The van der Waals surface area contributed by atoms with Gasteiger partial charge in [-0.2, -0.15) is 5.26 Å². The molecule has 0 fully saturated rings. The summed E-state index contributed by atoms with van der Waals surface area (Å²) in [4.78, 5) is 21.5. The summed E-state index contributed by atoms with van der Waals surface area (Å²) < 4.78 is 16.6. The van der Waals surface area contributed by atoms with Crippen LogP contribution in [0, 0.1) is 18.3 Å². The van der Waals surface area contributed by atoms with Crippen LogP contribution in [0.25, 0.3) is 22.4 Å². The normalized spacial score (nSPS) is 10.5. The van der Waals surface area contributed by atoms with Crippen molar-refractivity contribution in [3.05, 3.63) is 65.2 Å². The summed E-state index contributed by atoms with van der Waals surface area (Å²) in [6.45, 7) is 1.88. The molecule has 2 heterocycles. The van der Waals surface area contributed by atoms with Crippen LogP contribution in [-0.4, -0.2) is 43.0 Å². The first-order valence-electron chi connectivity index (χ1n) is 11.6. The molecule has 2 aromatic carbocycles. The largest absolute Gasteiger partial charge is 0.493 e. The van der Waals surface area contributed by atoms with E-state index in [0.29, 0.717) is 50.0 Å². The number of benzene rings is 2. The van der Waals surface area contributed by atoms with Crippen molar-refractivity contribution in [2.24, 2.45) is 0 Å². The van der Waals surface area contributed by atoms with Crippen molar-refractivity contribution in [1.82, 2.24) is 9.97 Å². The predicted octanol–water partition coefficient (Wildman–Crippen LogP) is 6.20. The van der Waals surface area contributed by atoms with Crippen molar-refractivity contribution in [2.45, 2.75) is 18.4 Å². The Morgan fingerprint density at radius 1 is 1.03 bits per heavy atom. The second kappa shape index (κ2) is 12.4. The molecule has 0 aliphatic heterocycles. The molecule has 4 aromatic rings. The second-order valence-electron chi connectivity index (χ2n) is 8.07. The van der Waals surface area contributed by atoms with E-state index >= 15 is 0 Å². The molecule has 38 heavy (non-hydrogen) atoms. The van der Waals surface area contributed by atoms with Gasteiger partial charge in [-0.1, -0.05) is 30.3 Å². The van der Waals surface area contributed by atoms with Gasteiger partial charge >= 0.3 is 0 Å². The topological polar surface area (TPSA) is 106 Å². The molecule has 194 valence electrons. The number of thiazole rings is 1. The quantitative estimate of drug-likeness (QED) is 0.234. The van der Waals surface area contributed by atoms with E-state index in [2.05, 4.69) is 16.4 Å². The Morgan fingerprint density at radius 2 is 1.74 bits per heavy atom. The van der Waals surface area contributed by atoms with Gasteiger partial charge in [-0.15, -0.1) is 23.1 Å². The number of aromatic nitrogens is 2. The van der Waals surface area contributed by atoms with E-state index in [1.54, 1.807) is 21.3 Å². The van der Waals surface area contributed by atoms with Crippen LogP contribution in [0.4, 0.5) is 5.13 Å². The lowest BCUT2D eigenvalue weighted by molar-refractivity contribution is -0.115. The van der Waals surface area contributed by atoms with E-state index in [-0.39, 0.29) is 12.3 Å². The van der Waals surface area contributed by atoms with Crippen LogP contribution in [0.1, 0.15) is 17.7 Å². The summed E-state index contributed by atoms with van der Waals surface area (Å²) in [5, 5.41) is 16.0. The van der Waals surface area contributed by atoms with E-state index in [4.69, 9.17) is 19.2 Å². The summed E-state index contributed by atoms with van der Waals surface area (Å²) in [7, 11) is 4.64. The number of ether oxygens (including phenoxy) is 3. The number of carbonyl (C=O) groups is 1. The number of hydrogen-bond donors (Lipinski definition) is 1. The van der Waals surface area contributed by atoms with Gasteiger partial charge in [-0.3, -0.25) is 4.79 Å². The van der Waals surface area contributed by atoms with Gasteiger partial charge in [0.05, 0.1) is 38.3 Å². The van der Waals surface area contributed by atoms with Crippen LogP contribution in [-0.2, 0) is 4.79 Å². The van der Waals surface area contributed by atoms with Crippen LogP contribution < -0.4 is 19.5 Å². The molecular formula is C28H26N4O4S2. The monoisotopic (exact) mass is 546 g/mol. The van der Waals surface area contributed by atoms with Gasteiger partial charge in [0.25, 0.3) is 0 Å². The van der Waals surface area contributed by atoms with Gasteiger partial charge < -0.3 is 19.5 Å². The van der Waals surface area contributed by atoms with Crippen LogP contribution in [0.2, 0.25) is 0 Å². The molecule has 0 radical (unpaired) electrons. The van der Waals surface area contributed by atoms with Crippen LogP contribution in [0.15, 0.2) is 58.9 Å². The second-order valence-corrected chi connectivity index (χ2v) is 10.0. The number of aryl methyl sites for hydroxylation is 1. The molecule has 1 amide bonds. The fraction of sp³-hybridized carbons (Fsp3) is 0.214. The molecule has 0 aliphatic rings. The fourth-order valence-corrected chi connectivity index (χ4v) is 5.44. The third-order valence-corrected chi connectivity index (χ3v) is 7.43. The summed E-state index contributed by atoms with van der Waals surface area (Å²) >= 11 is 2.75. The SMILES string of the molecule is COc1cc(-c2cc(-c3ccccc3)nc(SCCC(=O)Nc3nc(C)cs3)c2C#N)cc(OC)c1OC. The smallest absolute Gasteiger partial charge is 0.226 e. The molecule has 0 aliphatic carbocycles. The number of anilines is 1.